The summed E-state index contributed by atoms with van der Waals surface area (Å²) in [5, 5.41) is 25.0. The Morgan fingerprint density at radius 3 is 2.87 bits per heavy atom. The molecule has 2 fully saturated rings. The van der Waals surface area contributed by atoms with Crippen molar-refractivity contribution < 1.29 is 10.1 Å². The predicted molar refractivity (Wildman–Crippen MR) is 52.5 cm³/mol. The number of alkyl halides is 1. The van der Waals surface area contributed by atoms with E-state index in [9.17, 15) is 15.3 Å². The first-order valence-electron chi connectivity index (χ1n) is 4.92. The fourth-order valence-corrected chi connectivity index (χ4v) is 2.56. The van der Waals surface area contributed by atoms with Crippen LogP contribution in [-0.2, 0) is 0 Å². The number of nitrogens with zero attached hydrogens (tertiary/aromatic N) is 1. The van der Waals surface area contributed by atoms with Gasteiger partial charge in [-0.1, -0.05) is 11.6 Å². The molecule has 0 aromatic heterocycles. The molecule has 1 saturated heterocycles. The average molecular weight is 237 g/mol. The van der Waals surface area contributed by atoms with Crippen LogP contribution in [0, 0.1) is 15.3 Å². The summed E-state index contributed by atoms with van der Waals surface area (Å²) in [7, 11) is 0. The Morgan fingerprint density at radius 1 is 1.47 bits per heavy atom. The standard InChI is InChI=1S/C7H13ClN4O3/c8-7-9-5-2-1-4(12(14)15)3-6(5)11(13)10-7/h4-7,9-11H,1-3H2. The Labute approximate surface area is 91.5 Å². The molecule has 2 aliphatic rings. The highest BCUT2D eigenvalue weighted by Crippen LogP contribution is 2.21. The van der Waals surface area contributed by atoms with Crippen molar-refractivity contribution in [3.05, 3.63) is 15.3 Å². The van der Waals surface area contributed by atoms with Gasteiger partial charge in [0.2, 0.25) is 6.04 Å². The number of hydrogen-bond donors (Lipinski definition) is 3. The topological polar surface area (TPSA) is 94.7 Å². The zero-order chi connectivity index (χ0) is 11.0. The van der Waals surface area contributed by atoms with Gasteiger partial charge in [0.1, 0.15) is 6.04 Å². The van der Waals surface area contributed by atoms with Gasteiger partial charge >= 0.3 is 0 Å². The summed E-state index contributed by atoms with van der Waals surface area (Å²) >= 11 is 5.75. The summed E-state index contributed by atoms with van der Waals surface area (Å²) in [5.74, 6) is 0. The third-order valence-corrected chi connectivity index (χ3v) is 3.32. The van der Waals surface area contributed by atoms with Crippen LogP contribution in [0.15, 0.2) is 0 Å². The van der Waals surface area contributed by atoms with Gasteiger partial charge in [-0.15, -0.1) is 5.43 Å². The molecule has 0 bridgehead atoms. The quantitative estimate of drug-likeness (QED) is 0.171. The van der Waals surface area contributed by atoms with Crippen molar-refractivity contribution in [3.63, 3.8) is 0 Å². The van der Waals surface area contributed by atoms with E-state index >= 15 is 0 Å². The molecule has 5 atom stereocenters. The van der Waals surface area contributed by atoms with E-state index < -0.39 is 11.7 Å². The van der Waals surface area contributed by atoms with Crippen molar-refractivity contribution >= 4 is 11.6 Å². The lowest BCUT2D eigenvalue weighted by Crippen LogP contribution is -3.22. The summed E-state index contributed by atoms with van der Waals surface area (Å²) < 4.78 is 0. The van der Waals surface area contributed by atoms with Crippen LogP contribution in [0.5, 0.6) is 0 Å². The van der Waals surface area contributed by atoms with Gasteiger partial charge < -0.3 is 5.21 Å². The van der Waals surface area contributed by atoms with Crippen molar-refractivity contribution in [2.24, 2.45) is 0 Å². The molecule has 0 spiro atoms. The number of halogens is 1. The minimum Gasteiger partial charge on any atom is -0.613 e. The molecule has 1 aliphatic carbocycles. The van der Waals surface area contributed by atoms with E-state index in [-0.39, 0.29) is 22.2 Å². The Morgan fingerprint density at radius 2 is 2.20 bits per heavy atom. The summed E-state index contributed by atoms with van der Waals surface area (Å²) in [6, 6.07) is -0.924. The SMILES string of the molecule is O=[N+]([O-])C1CCC2NC(Cl)N[NH+]([O-])C2C1. The molecule has 0 amide bonds. The van der Waals surface area contributed by atoms with Gasteiger partial charge in [-0.2, -0.15) is 0 Å². The molecule has 3 N–H and O–H groups in total. The molecule has 1 aliphatic heterocycles. The van der Waals surface area contributed by atoms with Crippen LogP contribution in [0.2, 0.25) is 0 Å². The van der Waals surface area contributed by atoms with Crippen LogP contribution in [-0.4, -0.2) is 28.7 Å². The fourth-order valence-electron chi connectivity index (χ4n) is 2.29. The third-order valence-electron chi connectivity index (χ3n) is 3.09. The van der Waals surface area contributed by atoms with Crippen LogP contribution in [0.4, 0.5) is 0 Å². The Bertz CT molecular complexity index is 267. The average Bonchev–Trinajstić information content (AvgIpc) is 2.16. The highest BCUT2D eigenvalue weighted by atomic mass is 35.5. The third kappa shape index (κ3) is 2.21. The minimum absolute atomic E-state index is 0.0163. The zero-order valence-electron chi connectivity index (χ0n) is 7.98. The Balaban J connectivity index is 2.03. The van der Waals surface area contributed by atoms with E-state index in [1.807, 2.05) is 0 Å². The van der Waals surface area contributed by atoms with E-state index in [1.165, 1.54) is 0 Å². The highest BCUT2D eigenvalue weighted by Gasteiger charge is 2.43. The first-order valence-corrected chi connectivity index (χ1v) is 5.35. The molecule has 86 valence electrons. The van der Waals surface area contributed by atoms with Crippen LogP contribution < -0.4 is 15.9 Å². The van der Waals surface area contributed by atoms with E-state index in [0.717, 1.165) is 0 Å². The number of hydroxylamine groups is 1. The second kappa shape index (κ2) is 4.18. The Hall–Kier alpha value is -0.470. The van der Waals surface area contributed by atoms with Gasteiger partial charge in [-0.05, 0) is 6.42 Å². The molecular formula is C7H13ClN4O3. The predicted octanol–water partition coefficient (Wildman–Crippen LogP) is -1.43. The van der Waals surface area contributed by atoms with Crippen molar-refractivity contribution in [2.45, 2.75) is 43.0 Å². The number of nitro groups is 1. The Kier molecular flexibility index (Phi) is 3.08. The lowest BCUT2D eigenvalue weighted by atomic mass is 9.87. The molecule has 1 saturated carbocycles. The van der Waals surface area contributed by atoms with E-state index in [4.69, 9.17) is 11.6 Å². The maximum atomic E-state index is 11.5. The summed E-state index contributed by atoms with van der Waals surface area (Å²) in [4.78, 5) is 10.3. The van der Waals surface area contributed by atoms with Crippen molar-refractivity contribution in [3.8, 4) is 0 Å². The van der Waals surface area contributed by atoms with Gasteiger partial charge in [-0.3, -0.25) is 20.6 Å². The van der Waals surface area contributed by atoms with Crippen molar-refractivity contribution in [1.29, 1.82) is 0 Å². The lowest BCUT2D eigenvalue weighted by molar-refractivity contribution is -0.933. The van der Waals surface area contributed by atoms with Gasteiger partial charge in [0.05, 0.1) is 12.5 Å². The molecular weight excluding hydrogens is 224 g/mol. The number of hydrogen-bond acceptors (Lipinski definition) is 5. The van der Waals surface area contributed by atoms with Crippen molar-refractivity contribution in [2.75, 3.05) is 0 Å². The zero-order valence-corrected chi connectivity index (χ0v) is 8.74. The van der Waals surface area contributed by atoms with E-state index in [1.54, 1.807) is 0 Å². The lowest BCUT2D eigenvalue weighted by Gasteiger charge is -2.45. The highest BCUT2D eigenvalue weighted by molar-refractivity contribution is 6.20. The molecule has 0 aromatic carbocycles. The van der Waals surface area contributed by atoms with E-state index in [2.05, 4.69) is 10.7 Å². The number of quaternary nitrogens is 1. The number of nitrogens with one attached hydrogen (secondary N) is 3. The second-order valence-electron chi connectivity index (χ2n) is 4.00. The smallest absolute Gasteiger partial charge is 0.219 e. The monoisotopic (exact) mass is 236 g/mol. The molecule has 8 heteroatoms. The molecule has 1 heterocycles. The largest absolute Gasteiger partial charge is 0.613 e. The van der Waals surface area contributed by atoms with Crippen LogP contribution in [0.25, 0.3) is 0 Å². The number of rotatable bonds is 1. The molecule has 15 heavy (non-hydrogen) atoms. The second-order valence-corrected chi connectivity index (χ2v) is 4.44. The van der Waals surface area contributed by atoms with Gasteiger partial charge in [-0.25, -0.2) is 0 Å². The molecule has 0 radical (unpaired) electrons. The maximum absolute atomic E-state index is 11.5. The normalized spacial score (nSPS) is 45.9. The fraction of sp³-hybridized carbons (Fsp3) is 1.00. The van der Waals surface area contributed by atoms with Crippen LogP contribution in [0.1, 0.15) is 19.3 Å². The molecule has 0 aromatic rings. The number of fused-ring (bicyclic) bond motifs is 1. The molecule has 2 rings (SSSR count). The summed E-state index contributed by atoms with van der Waals surface area (Å²) in [6.07, 6.45) is 1.45. The summed E-state index contributed by atoms with van der Waals surface area (Å²) in [6.45, 7) is 0. The van der Waals surface area contributed by atoms with Crippen molar-refractivity contribution in [1.82, 2.24) is 10.7 Å². The molecule has 5 unspecified atom stereocenters. The van der Waals surface area contributed by atoms with Gasteiger partial charge in [0.15, 0.2) is 5.62 Å². The van der Waals surface area contributed by atoms with E-state index in [0.29, 0.717) is 19.3 Å². The van der Waals surface area contributed by atoms with Crippen LogP contribution in [0.3, 0.4) is 0 Å². The van der Waals surface area contributed by atoms with Gasteiger partial charge in [0, 0.05) is 11.3 Å². The van der Waals surface area contributed by atoms with Gasteiger partial charge in [0.25, 0.3) is 0 Å². The maximum Gasteiger partial charge on any atom is 0.219 e. The van der Waals surface area contributed by atoms with Crippen LogP contribution >= 0.6 is 11.6 Å². The first-order chi connectivity index (χ1) is 7.08. The minimum atomic E-state index is -0.592. The first kappa shape index (κ1) is 11.0. The summed E-state index contributed by atoms with van der Waals surface area (Å²) in [5.41, 5.74) is 1.98. The molecule has 7 nitrogen and oxygen atoms in total.